The minimum atomic E-state index is -0.689. The average molecular weight is 188 g/mol. The van der Waals surface area contributed by atoms with Crippen LogP contribution in [0.1, 0.15) is 13.8 Å². The molecule has 0 radical (unpaired) electrons. The summed E-state index contributed by atoms with van der Waals surface area (Å²) in [6, 6.07) is 0. The number of methoxy groups -OCH3 is 1. The van der Waals surface area contributed by atoms with Crippen molar-refractivity contribution in [1.82, 2.24) is 0 Å². The second kappa shape index (κ2) is 4.92. The summed E-state index contributed by atoms with van der Waals surface area (Å²) in [6.07, 6.45) is 0. The minimum absolute atomic E-state index is 0.0417. The second-order valence-corrected chi connectivity index (χ2v) is 3.49. The molecule has 0 bridgehead atoms. The van der Waals surface area contributed by atoms with Crippen molar-refractivity contribution >= 4 is 27.8 Å². The van der Waals surface area contributed by atoms with E-state index in [4.69, 9.17) is 10.8 Å². The van der Waals surface area contributed by atoms with Crippen LogP contribution >= 0.6 is 11.8 Å². The number of rotatable bonds is 1. The Hall–Kier alpha value is -0.840. The number of thioether (sulfide) groups is 1. The van der Waals surface area contributed by atoms with Crippen LogP contribution in [0.3, 0.4) is 0 Å². The standard InChI is InChI=1S/C7H12N2O2S/c1-4(2)5(8)12-6(9)7(10)11-3/h4,8-9H,1-3H3. The lowest BCUT2D eigenvalue weighted by Gasteiger charge is -2.05. The van der Waals surface area contributed by atoms with Gasteiger partial charge in [-0.2, -0.15) is 0 Å². The van der Waals surface area contributed by atoms with Crippen molar-refractivity contribution in [2.24, 2.45) is 5.92 Å². The molecule has 12 heavy (non-hydrogen) atoms. The van der Waals surface area contributed by atoms with Gasteiger partial charge in [0.1, 0.15) is 0 Å². The molecule has 0 aromatic rings. The number of carbonyl (C=O) groups is 1. The van der Waals surface area contributed by atoms with Gasteiger partial charge in [0.2, 0.25) is 0 Å². The molecule has 0 aromatic heterocycles. The van der Waals surface area contributed by atoms with Gasteiger partial charge in [-0.05, 0) is 11.8 Å². The van der Waals surface area contributed by atoms with E-state index in [9.17, 15) is 4.79 Å². The van der Waals surface area contributed by atoms with Crippen LogP contribution in [0.15, 0.2) is 0 Å². The Balaban J connectivity index is 4.02. The molecule has 0 rings (SSSR count). The van der Waals surface area contributed by atoms with Crippen LogP contribution in [-0.2, 0) is 9.53 Å². The first-order valence-corrected chi connectivity index (χ1v) is 4.23. The van der Waals surface area contributed by atoms with Crippen LogP contribution in [0.2, 0.25) is 0 Å². The Morgan fingerprint density at radius 3 is 2.25 bits per heavy atom. The number of hydrogen-bond acceptors (Lipinski definition) is 5. The van der Waals surface area contributed by atoms with E-state index < -0.39 is 5.97 Å². The van der Waals surface area contributed by atoms with E-state index in [-0.39, 0.29) is 11.0 Å². The van der Waals surface area contributed by atoms with Gasteiger partial charge in [0.25, 0.3) is 0 Å². The summed E-state index contributed by atoms with van der Waals surface area (Å²) in [5.74, 6) is -0.648. The molecule has 2 N–H and O–H groups in total. The van der Waals surface area contributed by atoms with E-state index in [1.165, 1.54) is 7.11 Å². The fourth-order valence-electron chi connectivity index (χ4n) is 0.362. The van der Waals surface area contributed by atoms with Gasteiger partial charge in [-0.3, -0.25) is 10.8 Å². The molecule has 0 aliphatic heterocycles. The third-order valence-electron chi connectivity index (χ3n) is 1.11. The zero-order valence-corrected chi connectivity index (χ0v) is 8.12. The van der Waals surface area contributed by atoms with Crippen LogP contribution in [0.5, 0.6) is 0 Å². The normalized spacial score (nSPS) is 9.67. The van der Waals surface area contributed by atoms with Crippen LogP contribution in [0.4, 0.5) is 0 Å². The van der Waals surface area contributed by atoms with Gasteiger partial charge < -0.3 is 4.74 Å². The smallest absolute Gasteiger partial charge is 0.363 e. The molecule has 0 aliphatic rings. The van der Waals surface area contributed by atoms with E-state index in [0.29, 0.717) is 5.04 Å². The molecule has 5 heteroatoms. The largest absolute Gasteiger partial charge is 0.464 e. The highest BCUT2D eigenvalue weighted by molar-refractivity contribution is 8.27. The van der Waals surface area contributed by atoms with Gasteiger partial charge >= 0.3 is 5.97 Å². The molecule has 0 atom stereocenters. The summed E-state index contributed by atoms with van der Waals surface area (Å²) in [5, 5.41) is 14.6. The highest BCUT2D eigenvalue weighted by atomic mass is 32.2. The second-order valence-electron chi connectivity index (χ2n) is 2.44. The molecule has 4 nitrogen and oxygen atoms in total. The fraction of sp³-hybridized carbons (Fsp3) is 0.571. The molecular weight excluding hydrogens is 176 g/mol. The summed E-state index contributed by atoms with van der Waals surface area (Å²) < 4.78 is 4.31. The topological polar surface area (TPSA) is 74.0 Å². The highest BCUT2D eigenvalue weighted by Crippen LogP contribution is 2.12. The van der Waals surface area contributed by atoms with Crippen LogP contribution in [0, 0.1) is 16.7 Å². The van der Waals surface area contributed by atoms with Crippen molar-refractivity contribution in [2.75, 3.05) is 7.11 Å². The predicted molar refractivity (Wildman–Crippen MR) is 49.9 cm³/mol. The molecule has 0 aliphatic carbocycles. The van der Waals surface area contributed by atoms with Gasteiger partial charge in [-0.15, -0.1) is 0 Å². The summed E-state index contributed by atoms with van der Waals surface area (Å²) >= 11 is 0.832. The van der Waals surface area contributed by atoms with E-state index in [1.54, 1.807) is 0 Å². The maximum atomic E-state index is 10.7. The Bertz CT molecular complexity index is 213. The summed E-state index contributed by atoms with van der Waals surface area (Å²) in [7, 11) is 1.22. The molecule has 0 aromatic carbocycles. The zero-order chi connectivity index (χ0) is 9.72. The molecule has 0 heterocycles. The van der Waals surface area contributed by atoms with Gasteiger partial charge in [0.15, 0.2) is 5.04 Å². The molecule has 0 unspecified atom stereocenters. The summed E-state index contributed by atoms with van der Waals surface area (Å²) in [4.78, 5) is 10.7. The molecule has 68 valence electrons. The summed E-state index contributed by atoms with van der Waals surface area (Å²) in [5.41, 5.74) is 0. The van der Waals surface area contributed by atoms with Crippen LogP contribution in [-0.4, -0.2) is 23.2 Å². The lowest BCUT2D eigenvalue weighted by atomic mass is 10.2. The van der Waals surface area contributed by atoms with Crippen molar-refractivity contribution in [3.63, 3.8) is 0 Å². The molecule has 0 fully saturated rings. The van der Waals surface area contributed by atoms with Crippen molar-refractivity contribution in [3.05, 3.63) is 0 Å². The van der Waals surface area contributed by atoms with Crippen molar-refractivity contribution in [2.45, 2.75) is 13.8 Å². The van der Waals surface area contributed by atoms with Crippen molar-refractivity contribution < 1.29 is 9.53 Å². The number of ether oxygens (including phenoxy) is 1. The van der Waals surface area contributed by atoms with E-state index in [2.05, 4.69) is 4.74 Å². The number of carbonyl (C=O) groups excluding carboxylic acids is 1. The van der Waals surface area contributed by atoms with E-state index in [1.807, 2.05) is 13.8 Å². The van der Waals surface area contributed by atoms with Crippen molar-refractivity contribution in [1.29, 1.82) is 10.8 Å². The number of esters is 1. The number of nitrogens with one attached hydrogen (secondary N) is 2. The Morgan fingerprint density at radius 1 is 1.42 bits per heavy atom. The number of hydrogen-bond donors (Lipinski definition) is 2. The molecule has 0 saturated carbocycles. The lowest BCUT2D eigenvalue weighted by molar-refractivity contribution is -0.132. The van der Waals surface area contributed by atoms with Crippen LogP contribution in [0.25, 0.3) is 0 Å². The lowest BCUT2D eigenvalue weighted by Crippen LogP contribution is -2.14. The maximum absolute atomic E-state index is 10.7. The SMILES string of the molecule is COC(=O)C(=N)SC(=N)C(C)C. The minimum Gasteiger partial charge on any atom is -0.464 e. The molecule has 0 amide bonds. The van der Waals surface area contributed by atoms with Gasteiger partial charge in [0.05, 0.1) is 12.2 Å². The van der Waals surface area contributed by atoms with Crippen molar-refractivity contribution in [3.8, 4) is 0 Å². The zero-order valence-electron chi connectivity index (χ0n) is 7.30. The Kier molecular flexibility index (Phi) is 4.58. The monoisotopic (exact) mass is 188 g/mol. The van der Waals surface area contributed by atoms with E-state index >= 15 is 0 Å². The van der Waals surface area contributed by atoms with Gasteiger partial charge in [-0.1, -0.05) is 13.8 Å². The molecule has 0 saturated heterocycles. The first kappa shape index (κ1) is 11.2. The van der Waals surface area contributed by atoms with E-state index in [0.717, 1.165) is 11.8 Å². The average Bonchev–Trinajstić information content (AvgIpc) is 2.02. The van der Waals surface area contributed by atoms with Crippen LogP contribution < -0.4 is 0 Å². The van der Waals surface area contributed by atoms with Gasteiger partial charge in [-0.25, -0.2) is 4.79 Å². The maximum Gasteiger partial charge on any atom is 0.363 e. The molecule has 0 spiro atoms. The predicted octanol–water partition coefficient (Wildman–Crippen LogP) is 1.50. The third-order valence-corrected chi connectivity index (χ3v) is 2.17. The molecular formula is C7H12N2O2S. The highest BCUT2D eigenvalue weighted by Gasteiger charge is 2.14. The fourth-order valence-corrected chi connectivity index (χ4v) is 0.984. The Labute approximate surface area is 75.7 Å². The summed E-state index contributed by atoms with van der Waals surface area (Å²) in [6.45, 7) is 3.67. The first-order valence-electron chi connectivity index (χ1n) is 3.42. The first-order chi connectivity index (χ1) is 5.49. The van der Waals surface area contributed by atoms with Gasteiger partial charge in [0, 0.05) is 5.92 Å². The Morgan fingerprint density at radius 2 is 1.92 bits per heavy atom. The quantitative estimate of drug-likeness (QED) is 0.372. The third kappa shape index (κ3) is 3.52.